The summed E-state index contributed by atoms with van der Waals surface area (Å²) >= 11 is 3.25. The van der Waals surface area contributed by atoms with Crippen molar-refractivity contribution in [3.63, 3.8) is 0 Å². The van der Waals surface area contributed by atoms with Crippen LogP contribution in [0.1, 0.15) is 62.2 Å². The molecule has 0 radical (unpaired) electrons. The molecule has 1 N–H and O–H groups in total. The Hall–Kier alpha value is -0.900. The summed E-state index contributed by atoms with van der Waals surface area (Å²) in [5.41, 5.74) is 0.617. The van der Waals surface area contributed by atoms with E-state index in [4.69, 9.17) is 0 Å². The first kappa shape index (κ1) is 16.2. The Kier molecular flexibility index (Phi) is 8.47. The molecule has 0 aliphatic rings. The van der Waals surface area contributed by atoms with Gasteiger partial charge in [-0.05, 0) is 34.5 Å². The monoisotopic (exact) mass is 326 g/mol. The second kappa shape index (κ2) is 9.96. The van der Waals surface area contributed by atoms with Crippen LogP contribution in [0.2, 0.25) is 0 Å². The summed E-state index contributed by atoms with van der Waals surface area (Å²) in [5.74, 6) is -0.0361. The highest BCUT2D eigenvalue weighted by molar-refractivity contribution is 9.10. The first-order chi connectivity index (χ1) is 9.24. The number of nitrogens with zero attached hydrogens (tertiary/aromatic N) is 1. The summed E-state index contributed by atoms with van der Waals surface area (Å²) in [6.45, 7) is 2.98. The molecule has 0 spiro atoms. The Morgan fingerprint density at radius 3 is 2.47 bits per heavy atom. The standard InChI is InChI=1S/C15H23BrN2O/c1-2-3-4-5-6-7-8-11-17-15(19)13-9-10-14(16)18-12-13/h9-10,12H,2-8,11H2,1H3,(H,17,19). The van der Waals surface area contributed by atoms with Crippen molar-refractivity contribution in [2.45, 2.75) is 51.9 Å². The number of hydrogen-bond acceptors (Lipinski definition) is 2. The Morgan fingerprint density at radius 2 is 1.84 bits per heavy atom. The van der Waals surface area contributed by atoms with Gasteiger partial charge in [0.15, 0.2) is 0 Å². The molecule has 0 saturated carbocycles. The van der Waals surface area contributed by atoms with E-state index in [-0.39, 0.29) is 5.91 Å². The molecule has 0 saturated heterocycles. The van der Waals surface area contributed by atoms with Crippen LogP contribution in [0.4, 0.5) is 0 Å². The van der Waals surface area contributed by atoms with Gasteiger partial charge >= 0.3 is 0 Å². The molecular weight excluding hydrogens is 304 g/mol. The number of halogens is 1. The normalized spacial score (nSPS) is 10.4. The van der Waals surface area contributed by atoms with Crippen molar-refractivity contribution in [2.75, 3.05) is 6.54 Å². The molecule has 0 fully saturated rings. The number of carbonyl (C=O) groups is 1. The summed E-state index contributed by atoms with van der Waals surface area (Å²) in [7, 11) is 0. The van der Waals surface area contributed by atoms with Gasteiger partial charge < -0.3 is 5.32 Å². The number of aromatic nitrogens is 1. The molecule has 0 atom stereocenters. The third kappa shape index (κ3) is 7.31. The number of hydrogen-bond donors (Lipinski definition) is 1. The molecule has 1 heterocycles. The molecule has 0 aromatic carbocycles. The number of unbranched alkanes of at least 4 members (excludes halogenated alkanes) is 6. The van der Waals surface area contributed by atoms with E-state index in [0.717, 1.165) is 17.6 Å². The lowest BCUT2D eigenvalue weighted by molar-refractivity contribution is 0.0952. The van der Waals surface area contributed by atoms with Crippen molar-refractivity contribution in [1.29, 1.82) is 0 Å². The maximum Gasteiger partial charge on any atom is 0.252 e. The van der Waals surface area contributed by atoms with Gasteiger partial charge in [0.2, 0.25) is 0 Å². The van der Waals surface area contributed by atoms with Crippen LogP contribution in [0.3, 0.4) is 0 Å². The zero-order valence-electron chi connectivity index (χ0n) is 11.6. The third-order valence-electron chi connectivity index (χ3n) is 3.06. The minimum Gasteiger partial charge on any atom is -0.352 e. The summed E-state index contributed by atoms with van der Waals surface area (Å²) in [5, 5.41) is 2.93. The van der Waals surface area contributed by atoms with Gasteiger partial charge in [-0.1, -0.05) is 45.4 Å². The van der Waals surface area contributed by atoms with Gasteiger partial charge in [0, 0.05) is 12.7 Å². The van der Waals surface area contributed by atoms with Crippen molar-refractivity contribution >= 4 is 21.8 Å². The molecule has 3 nitrogen and oxygen atoms in total. The van der Waals surface area contributed by atoms with E-state index in [0.29, 0.717) is 5.56 Å². The summed E-state index contributed by atoms with van der Waals surface area (Å²) in [6, 6.07) is 3.56. The quantitative estimate of drug-likeness (QED) is 0.542. The zero-order valence-corrected chi connectivity index (χ0v) is 13.2. The second-order valence-corrected chi connectivity index (χ2v) is 5.56. The molecule has 0 unspecified atom stereocenters. The molecule has 1 rings (SSSR count). The lowest BCUT2D eigenvalue weighted by atomic mass is 10.1. The van der Waals surface area contributed by atoms with Crippen molar-refractivity contribution < 1.29 is 4.79 Å². The minimum atomic E-state index is -0.0361. The van der Waals surface area contributed by atoms with E-state index in [1.165, 1.54) is 38.5 Å². The minimum absolute atomic E-state index is 0.0361. The largest absolute Gasteiger partial charge is 0.352 e. The molecular formula is C15H23BrN2O. The molecule has 0 bridgehead atoms. The fourth-order valence-electron chi connectivity index (χ4n) is 1.90. The van der Waals surface area contributed by atoms with Crippen molar-refractivity contribution in [2.24, 2.45) is 0 Å². The molecule has 19 heavy (non-hydrogen) atoms. The highest BCUT2D eigenvalue weighted by Crippen LogP contribution is 2.07. The Labute approximate surface area is 124 Å². The molecule has 0 aliphatic heterocycles. The average Bonchev–Trinajstić information content (AvgIpc) is 2.42. The van der Waals surface area contributed by atoms with E-state index >= 15 is 0 Å². The zero-order chi connectivity index (χ0) is 13.9. The van der Waals surface area contributed by atoms with E-state index in [9.17, 15) is 4.79 Å². The highest BCUT2D eigenvalue weighted by Gasteiger charge is 2.04. The van der Waals surface area contributed by atoms with Gasteiger partial charge in [0.05, 0.1) is 5.56 Å². The van der Waals surface area contributed by atoms with Crippen LogP contribution in [0.5, 0.6) is 0 Å². The lowest BCUT2D eigenvalue weighted by Crippen LogP contribution is -2.24. The van der Waals surface area contributed by atoms with E-state index in [1.807, 2.05) is 0 Å². The fourth-order valence-corrected chi connectivity index (χ4v) is 2.13. The Morgan fingerprint density at radius 1 is 1.16 bits per heavy atom. The molecule has 0 aliphatic carbocycles. The first-order valence-corrected chi connectivity index (χ1v) is 7.93. The van der Waals surface area contributed by atoms with Crippen molar-refractivity contribution in [3.05, 3.63) is 28.5 Å². The number of carbonyl (C=O) groups excluding carboxylic acids is 1. The lowest BCUT2D eigenvalue weighted by Gasteiger charge is -2.05. The van der Waals surface area contributed by atoms with Gasteiger partial charge in [-0.25, -0.2) is 4.98 Å². The van der Waals surface area contributed by atoms with Crippen molar-refractivity contribution in [3.8, 4) is 0 Å². The van der Waals surface area contributed by atoms with Crippen LogP contribution in [-0.4, -0.2) is 17.4 Å². The topological polar surface area (TPSA) is 42.0 Å². The SMILES string of the molecule is CCCCCCCCCNC(=O)c1ccc(Br)nc1. The summed E-state index contributed by atoms with van der Waals surface area (Å²) < 4.78 is 0.746. The summed E-state index contributed by atoms with van der Waals surface area (Å²) in [6.07, 6.45) is 10.4. The van der Waals surface area contributed by atoms with Gasteiger partial charge in [0.25, 0.3) is 5.91 Å². The van der Waals surface area contributed by atoms with E-state index < -0.39 is 0 Å². The second-order valence-electron chi connectivity index (χ2n) is 4.75. The number of nitrogens with one attached hydrogen (secondary N) is 1. The highest BCUT2D eigenvalue weighted by atomic mass is 79.9. The number of rotatable bonds is 9. The Bertz CT molecular complexity index is 365. The van der Waals surface area contributed by atoms with Crippen LogP contribution < -0.4 is 5.32 Å². The predicted octanol–water partition coefficient (Wildman–Crippen LogP) is 4.32. The third-order valence-corrected chi connectivity index (χ3v) is 3.52. The smallest absolute Gasteiger partial charge is 0.252 e. The first-order valence-electron chi connectivity index (χ1n) is 7.13. The van der Waals surface area contributed by atoms with E-state index in [1.54, 1.807) is 18.3 Å². The number of pyridine rings is 1. The molecule has 1 aromatic heterocycles. The van der Waals surface area contributed by atoms with Gasteiger partial charge in [-0.2, -0.15) is 0 Å². The molecule has 4 heteroatoms. The van der Waals surface area contributed by atoms with Crippen LogP contribution in [-0.2, 0) is 0 Å². The van der Waals surface area contributed by atoms with Gasteiger partial charge in [-0.3, -0.25) is 4.79 Å². The predicted molar refractivity (Wildman–Crippen MR) is 82.3 cm³/mol. The maximum atomic E-state index is 11.8. The van der Waals surface area contributed by atoms with Crippen LogP contribution in [0.25, 0.3) is 0 Å². The van der Waals surface area contributed by atoms with Crippen LogP contribution in [0, 0.1) is 0 Å². The van der Waals surface area contributed by atoms with Gasteiger partial charge in [-0.15, -0.1) is 0 Å². The molecule has 1 amide bonds. The Balaban J connectivity index is 2.06. The summed E-state index contributed by atoms with van der Waals surface area (Å²) in [4.78, 5) is 15.8. The van der Waals surface area contributed by atoms with Crippen molar-refractivity contribution in [1.82, 2.24) is 10.3 Å². The number of amides is 1. The average molecular weight is 327 g/mol. The molecule has 1 aromatic rings. The fraction of sp³-hybridized carbons (Fsp3) is 0.600. The van der Waals surface area contributed by atoms with E-state index in [2.05, 4.69) is 33.2 Å². The molecule has 106 valence electrons. The van der Waals surface area contributed by atoms with Crippen LogP contribution in [0.15, 0.2) is 22.9 Å². The maximum absolute atomic E-state index is 11.8. The van der Waals surface area contributed by atoms with Crippen LogP contribution >= 0.6 is 15.9 Å². The van der Waals surface area contributed by atoms with Gasteiger partial charge in [0.1, 0.15) is 4.60 Å².